The molecule has 0 fully saturated rings. The maximum Gasteiger partial charge on any atom is 0.323 e. The maximum absolute atomic E-state index is 11.0. The standard InChI is InChI=1S/C10H22N2O2/c1-6-12(8-7-11(4)5)10(2,3)9(13)14/h6-8H2,1-5H3,(H,13,14). The molecule has 0 aliphatic heterocycles. The Morgan fingerprint density at radius 3 is 2.07 bits per heavy atom. The Balaban J connectivity index is 4.32. The molecule has 4 nitrogen and oxygen atoms in total. The zero-order valence-electron chi connectivity index (χ0n) is 9.87. The maximum atomic E-state index is 11.0. The van der Waals surface area contributed by atoms with E-state index in [1.54, 1.807) is 13.8 Å². The molecule has 0 heterocycles. The van der Waals surface area contributed by atoms with Gasteiger partial charge in [-0.3, -0.25) is 9.69 Å². The number of hydrogen-bond acceptors (Lipinski definition) is 3. The first-order chi connectivity index (χ1) is 6.32. The lowest BCUT2D eigenvalue weighted by Gasteiger charge is -2.34. The van der Waals surface area contributed by atoms with Crippen molar-refractivity contribution in [2.24, 2.45) is 0 Å². The highest BCUT2D eigenvalue weighted by Gasteiger charge is 2.33. The predicted octanol–water partition coefficient (Wildman–Crippen LogP) is 0.733. The summed E-state index contributed by atoms with van der Waals surface area (Å²) in [5.74, 6) is -0.766. The molecule has 0 saturated carbocycles. The van der Waals surface area contributed by atoms with Gasteiger partial charge in [0.1, 0.15) is 5.54 Å². The first-order valence-electron chi connectivity index (χ1n) is 4.95. The first-order valence-corrected chi connectivity index (χ1v) is 4.95. The van der Waals surface area contributed by atoms with Crippen LogP contribution in [0.25, 0.3) is 0 Å². The summed E-state index contributed by atoms with van der Waals surface area (Å²) in [5.41, 5.74) is -0.773. The van der Waals surface area contributed by atoms with E-state index in [9.17, 15) is 4.79 Å². The summed E-state index contributed by atoms with van der Waals surface area (Å²) in [5, 5.41) is 9.05. The van der Waals surface area contributed by atoms with Gasteiger partial charge in [0.05, 0.1) is 0 Å². The molecule has 0 rings (SSSR count). The van der Waals surface area contributed by atoms with Crippen LogP contribution in [0.4, 0.5) is 0 Å². The fraction of sp³-hybridized carbons (Fsp3) is 0.900. The van der Waals surface area contributed by atoms with Gasteiger partial charge in [-0.1, -0.05) is 6.92 Å². The van der Waals surface area contributed by atoms with Gasteiger partial charge < -0.3 is 10.0 Å². The third-order valence-corrected chi connectivity index (χ3v) is 2.51. The lowest BCUT2D eigenvalue weighted by Crippen LogP contribution is -2.51. The number of rotatable bonds is 6. The summed E-state index contributed by atoms with van der Waals surface area (Å²) < 4.78 is 0. The van der Waals surface area contributed by atoms with E-state index in [-0.39, 0.29) is 0 Å². The second-order valence-corrected chi connectivity index (χ2v) is 4.25. The van der Waals surface area contributed by atoms with E-state index in [4.69, 9.17) is 5.11 Å². The Bertz CT molecular complexity index is 191. The minimum absolute atomic E-state index is 0.757. The molecule has 0 atom stereocenters. The van der Waals surface area contributed by atoms with E-state index in [1.807, 2.05) is 25.9 Å². The van der Waals surface area contributed by atoms with Crippen molar-refractivity contribution in [2.75, 3.05) is 33.7 Å². The van der Waals surface area contributed by atoms with Crippen molar-refractivity contribution in [1.29, 1.82) is 0 Å². The van der Waals surface area contributed by atoms with Crippen molar-refractivity contribution in [1.82, 2.24) is 9.80 Å². The van der Waals surface area contributed by atoms with Crippen molar-refractivity contribution >= 4 is 5.97 Å². The number of carboxylic acid groups (broad SMARTS) is 1. The molecule has 0 spiro atoms. The second-order valence-electron chi connectivity index (χ2n) is 4.25. The van der Waals surface area contributed by atoms with Crippen LogP contribution in [0.1, 0.15) is 20.8 Å². The van der Waals surface area contributed by atoms with Crippen molar-refractivity contribution in [2.45, 2.75) is 26.3 Å². The highest BCUT2D eigenvalue weighted by atomic mass is 16.4. The van der Waals surface area contributed by atoms with Crippen LogP contribution in [0.3, 0.4) is 0 Å². The zero-order valence-corrected chi connectivity index (χ0v) is 9.87. The van der Waals surface area contributed by atoms with E-state index in [1.165, 1.54) is 0 Å². The van der Waals surface area contributed by atoms with Crippen LogP contribution < -0.4 is 0 Å². The van der Waals surface area contributed by atoms with Gasteiger partial charge in [-0.25, -0.2) is 0 Å². The Morgan fingerprint density at radius 1 is 1.29 bits per heavy atom. The Labute approximate surface area is 86.5 Å². The number of likely N-dealkylation sites (N-methyl/N-ethyl adjacent to an activating group) is 2. The first kappa shape index (κ1) is 13.4. The molecule has 0 aliphatic carbocycles. The molecular weight excluding hydrogens is 180 g/mol. The molecule has 84 valence electrons. The molecule has 0 aliphatic rings. The molecule has 0 aromatic rings. The fourth-order valence-electron chi connectivity index (χ4n) is 1.29. The minimum Gasteiger partial charge on any atom is -0.480 e. The number of aliphatic carboxylic acids is 1. The molecule has 1 N–H and O–H groups in total. The van der Waals surface area contributed by atoms with Crippen LogP contribution >= 0.6 is 0 Å². The summed E-state index contributed by atoms with van der Waals surface area (Å²) in [6.07, 6.45) is 0. The highest BCUT2D eigenvalue weighted by Crippen LogP contribution is 2.13. The van der Waals surface area contributed by atoms with E-state index < -0.39 is 11.5 Å². The quantitative estimate of drug-likeness (QED) is 0.689. The monoisotopic (exact) mass is 202 g/mol. The minimum atomic E-state index is -0.773. The van der Waals surface area contributed by atoms with Crippen LogP contribution in [-0.2, 0) is 4.79 Å². The third kappa shape index (κ3) is 3.64. The van der Waals surface area contributed by atoms with E-state index in [0.29, 0.717) is 0 Å². The molecule has 0 bridgehead atoms. The number of hydrogen-bond donors (Lipinski definition) is 1. The normalized spacial score (nSPS) is 12.5. The molecule has 0 radical (unpaired) electrons. The zero-order chi connectivity index (χ0) is 11.4. The third-order valence-electron chi connectivity index (χ3n) is 2.51. The molecule has 0 unspecified atom stereocenters. The molecule has 0 aromatic heterocycles. The molecule has 14 heavy (non-hydrogen) atoms. The van der Waals surface area contributed by atoms with Gasteiger partial charge in [-0.05, 0) is 34.5 Å². The summed E-state index contributed by atoms with van der Waals surface area (Å²) in [4.78, 5) is 15.0. The van der Waals surface area contributed by atoms with Crippen LogP contribution in [0.2, 0.25) is 0 Å². The summed E-state index contributed by atoms with van der Waals surface area (Å²) in [6, 6.07) is 0. The molecule has 0 aromatic carbocycles. The van der Waals surface area contributed by atoms with Crippen LogP contribution in [-0.4, -0.2) is 60.1 Å². The van der Waals surface area contributed by atoms with Gasteiger partial charge in [0.2, 0.25) is 0 Å². The second kappa shape index (κ2) is 5.32. The molecule has 4 heteroatoms. The summed E-state index contributed by atoms with van der Waals surface area (Å²) in [7, 11) is 3.98. The van der Waals surface area contributed by atoms with Gasteiger partial charge >= 0.3 is 5.97 Å². The Morgan fingerprint density at radius 2 is 1.79 bits per heavy atom. The largest absolute Gasteiger partial charge is 0.480 e. The fourth-order valence-corrected chi connectivity index (χ4v) is 1.29. The Hall–Kier alpha value is -0.610. The van der Waals surface area contributed by atoms with Crippen molar-refractivity contribution in [3.05, 3.63) is 0 Å². The summed E-state index contributed by atoms with van der Waals surface area (Å²) in [6.45, 7) is 7.89. The van der Waals surface area contributed by atoms with Gasteiger partial charge in [0.15, 0.2) is 0 Å². The van der Waals surface area contributed by atoms with Crippen LogP contribution in [0, 0.1) is 0 Å². The SMILES string of the molecule is CCN(CCN(C)C)C(C)(C)C(=O)O. The van der Waals surface area contributed by atoms with Gasteiger partial charge in [-0.15, -0.1) is 0 Å². The van der Waals surface area contributed by atoms with Crippen molar-refractivity contribution < 1.29 is 9.90 Å². The van der Waals surface area contributed by atoms with Crippen molar-refractivity contribution in [3.63, 3.8) is 0 Å². The van der Waals surface area contributed by atoms with Gasteiger partial charge in [-0.2, -0.15) is 0 Å². The van der Waals surface area contributed by atoms with E-state index in [2.05, 4.69) is 4.90 Å². The number of carbonyl (C=O) groups is 1. The average molecular weight is 202 g/mol. The van der Waals surface area contributed by atoms with Crippen molar-refractivity contribution in [3.8, 4) is 0 Å². The smallest absolute Gasteiger partial charge is 0.323 e. The van der Waals surface area contributed by atoms with Gasteiger partial charge in [0.25, 0.3) is 0 Å². The van der Waals surface area contributed by atoms with Gasteiger partial charge in [0, 0.05) is 13.1 Å². The predicted molar refractivity (Wildman–Crippen MR) is 57.5 cm³/mol. The van der Waals surface area contributed by atoms with E-state index in [0.717, 1.165) is 19.6 Å². The van der Waals surface area contributed by atoms with Crippen LogP contribution in [0.5, 0.6) is 0 Å². The van der Waals surface area contributed by atoms with E-state index >= 15 is 0 Å². The number of nitrogens with zero attached hydrogens (tertiary/aromatic N) is 2. The lowest BCUT2D eigenvalue weighted by atomic mass is 10.0. The lowest BCUT2D eigenvalue weighted by molar-refractivity contribution is -0.149. The average Bonchev–Trinajstić information content (AvgIpc) is 2.04. The summed E-state index contributed by atoms with van der Waals surface area (Å²) >= 11 is 0. The molecule has 0 amide bonds. The topological polar surface area (TPSA) is 43.8 Å². The Kier molecular flexibility index (Phi) is 5.08. The molecule has 0 saturated heterocycles. The highest BCUT2D eigenvalue weighted by molar-refractivity contribution is 5.77. The number of carboxylic acids is 1. The van der Waals surface area contributed by atoms with Crippen LogP contribution in [0.15, 0.2) is 0 Å². The molecular formula is C10H22N2O2.